The van der Waals surface area contributed by atoms with Gasteiger partial charge in [0.15, 0.2) is 0 Å². The summed E-state index contributed by atoms with van der Waals surface area (Å²) in [7, 11) is 1.37. The monoisotopic (exact) mass is 252 g/mol. The third-order valence-electron chi connectivity index (χ3n) is 3.03. The molecule has 19 heavy (non-hydrogen) atoms. The van der Waals surface area contributed by atoms with Crippen molar-refractivity contribution in [2.75, 3.05) is 7.11 Å². The van der Waals surface area contributed by atoms with Crippen LogP contribution in [0, 0.1) is 0 Å². The maximum absolute atomic E-state index is 11.5. The summed E-state index contributed by atoms with van der Waals surface area (Å²) in [5, 5.41) is 8.25. The minimum atomic E-state index is -0.349. The lowest BCUT2D eigenvalue weighted by atomic mass is 10.1. The maximum Gasteiger partial charge on any atom is 0.337 e. The molecule has 0 aliphatic rings. The fraction of sp³-hybridized carbons (Fsp3) is 0.0667. The molecule has 4 heteroatoms. The summed E-state index contributed by atoms with van der Waals surface area (Å²) in [6.07, 6.45) is 0. The highest BCUT2D eigenvalue weighted by Gasteiger charge is 2.11. The van der Waals surface area contributed by atoms with Crippen molar-refractivity contribution in [2.45, 2.75) is 0 Å². The number of benzene rings is 2. The molecule has 0 amide bonds. The number of fused-ring (bicyclic) bond motifs is 1. The molecule has 0 saturated carbocycles. The van der Waals surface area contributed by atoms with Crippen LogP contribution in [0.2, 0.25) is 0 Å². The lowest BCUT2D eigenvalue weighted by molar-refractivity contribution is 0.0601. The van der Waals surface area contributed by atoms with Crippen molar-refractivity contribution in [2.24, 2.45) is 0 Å². The second-order valence-electron chi connectivity index (χ2n) is 4.19. The zero-order chi connectivity index (χ0) is 13.2. The molecule has 3 rings (SSSR count). The number of carbonyl (C=O) groups excluding carboxylic acids is 1. The minimum Gasteiger partial charge on any atom is -0.465 e. The van der Waals surface area contributed by atoms with Gasteiger partial charge in [0.05, 0.1) is 23.9 Å². The number of nitrogens with zero attached hydrogens (tertiary/aromatic N) is 1. The summed E-state index contributed by atoms with van der Waals surface area (Å²) < 4.78 is 4.70. The molecule has 0 unspecified atom stereocenters. The molecule has 1 aromatic heterocycles. The largest absolute Gasteiger partial charge is 0.465 e. The Balaban J connectivity index is 2.13. The average Bonchev–Trinajstić information content (AvgIpc) is 2.90. The van der Waals surface area contributed by atoms with E-state index in [0.29, 0.717) is 5.56 Å². The van der Waals surface area contributed by atoms with Crippen LogP contribution in [0.4, 0.5) is 0 Å². The molecular formula is C15H12N2O2. The van der Waals surface area contributed by atoms with Crippen molar-refractivity contribution in [1.82, 2.24) is 10.2 Å². The lowest BCUT2D eigenvalue weighted by Gasteiger charge is -2.00. The lowest BCUT2D eigenvalue weighted by Crippen LogP contribution is -2.00. The van der Waals surface area contributed by atoms with E-state index in [0.717, 1.165) is 22.2 Å². The molecule has 0 aliphatic carbocycles. The fourth-order valence-electron chi connectivity index (χ4n) is 2.08. The summed E-state index contributed by atoms with van der Waals surface area (Å²) in [6.45, 7) is 0. The van der Waals surface area contributed by atoms with E-state index in [1.165, 1.54) is 7.11 Å². The Hall–Kier alpha value is -2.62. The third-order valence-corrected chi connectivity index (χ3v) is 3.03. The topological polar surface area (TPSA) is 55.0 Å². The Morgan fingerprint density at radius 1 is 1.16 bits per heavy atom. The Labute approximate surface area is 110 Å². The summed E-state index contributed by atoms with van der Waals surface area (Å²) in [5.74, 6) is -0.349. The highest BCUT2D eigenvalue weighted by atomic mass is 16.5. The first-order valence-electron chi connectivity index (χ1n) is 5.91. The van der Waals surface area contributed by atoms with Gasteiger partial charge >= 0.3 is 5.97 Å². The quantitative estimate of drug-likeness (QED) is 0.713. The van der Waals surface area contributed by atoms with Crippen LogP contribution in [0.1, 0.15) is 10.4 Å². The second-order valence-corrected chi connectivity index (χ2v) is 4.19. The van der Waals surface area contributed by atoms with E-state index in [2.05, 4.69) is 10.2 Å². The van der Waals surface area contributed by atoms with Gasteiger partial charge in [0.1, 0.15) is 0 Å². The number of ether oxygens (including phenoxy) is 1. The molecule has 1 heterocycles. The molecule has 1 N–H and O–H groups in total. The summed E-state index contributed by atoms with van der Waals surface area (Å²) in [5.41, 5.74) is 3.26. The molecule has 0 bridgehead atoms. The van der Waals surface area contributed by atoms with Gasteiger partial charge in [0.25, 0.3) is 0 Å². The number of rotatable bonds is 2. The minimum absolute atomic E-state index is 0.349. The van der Waals surface area contributed by atoms with Crippen LogP contribution in [-0.2, 0) is 4.74 Å². The molecule has 0 fully saturated rings. The van der Waals surface area contributed by atoms with Gasteiger partial charge in [-0.1, -0.05) is 30.3 Å². The average molecular weight is 252 g/mol. The SMILES string of the molecule is COC(=O)c1ccc2c(-c3ccccc3)n[nH]c2c1. The van der Waals surface area contributed by atoms with Crippen LogP contribution in [0.5, 0.6) is 0 Å². The van der Waals surface area contributed by atoms with Crippen LogP contribution in [0.25, 0.3) is 22.2 Å². The highest BCUT2D eigenvalue weighted by molar-refractivity contribution is 5.98. The van der Waals surface area contributed by atoms with Gasteiger partial charge in [-0.15, -0.1) is 0 Å². The first kappa shape index (κ1) is 11.5. The molecule has 94 valence electrons. The van der Waals surface area contributed by atoms with Gasteiger partial charge in [0, 0.05) is 10.9 Å². The zero-order valence-electron chi connectivity index (χ0n) is 10.4. The van der Waals surface area contributed by atoms with E-state index >= 15 is 0 Å². The van der Waals surface area contributed by atoms with Gasteiger partial charge in [-0.25, -0.2) is 4.79 Å². The number of carbonyl (C=O) groups is 1. The number of hydrogen-bond donors (Lipinski definition) is 1. The van der Waals surface area contributed by atoms with Gasteiger partial charge in [-0.3, -0.25) is 5.10 Å². The Morgan fingerprint density at radius 2 is 1.95 bits per heavy atom. The van der Waals surface area contributed by atoms with Gasteiger partial charge in [0.2, 0.25) is 0 Å². The van der Waals surface area contributed by atoms with Crippen molar-refractivity contribution in [1.29, 1.82) is 0 Å². The Kier molecular flexibility index (Phi) is 2.76. The summed E-state index contributed by atoms with van der Waals surface area (Å²) in [4.78, 5) is 11.5. The van der Waals surface area contributed by atoms with Crippen LogP contribution in [0.15, 0.2) is 48.5 Å². The number of hydrogen-bond acceptors (Lipinski definition) is 3. The number of methoxy groups -OCH3 is 1. The van der Waals surface area contributed by atoms with E-state index in [9.17, 15) is 4.79 Å². The number of aromatic nitrogens is 2. The van der Waals surface area contributed by atoms with Crippen molar-refractivity contribution in [3.8, 4) is 11.3 Å². The van der Waals surface area contributed by atoms with Crippen LogP contribution >= 0.6 is 0 Å². The van der Waals surface area contributed by atoms with Crippen molar-refractivity contribution >= 4 is 16.9 Å². The van der Waals surface area contributed by atoms with Gasteiger partial charge in [-0.2, -0.15) is 5.10 Å². The third kappa shape index (κ3) is 1.97. The number of esters is 1. The number of aromatic amines is 1. The molecule has 3 aromatic rings. The first-order valence-corrected chi connectivity index (χ1v) is 5.91. The molecule has 0 saturated heterocycles. The van der Waals surface area contributed by atoms with Gasteiger partial charge in [-0.05, 0) is 18.2 Å². The Bertz CT molecular complexity index is 732. The molecule has 0 spiro atoms. The summed E-state index contributed by atoms with van der Waals surface area (Å²) >= 11 is 0. The van der Waals surface area contributed by atoms with Crippen molar-refractivity contribution in [3.63, 3.8) is 0 Å². The molecule has 0 aliphatic heterocycles. The molecule has 4 nitrogen and oxygen atoms in total. The standard InChI is InChI=1S/C15H12N2O2/c1-19-15(18)11-7-8-12-13(9-11)16-17-14(12)10-5-3-2-4-6-10/h2-9H,1H3,(H,16,17). The molecule has 0 atom stereocenters. The van der Waals surface area contributed by atoms with E-state index in [4.69, 9.17) is 4.74 Å². The Morgan fingerprint density at radius 3 is 2.68 bits per heavy atom. The summed E-state index contributed by atoms with van der Waals surface area (Å²) in [6, 6.07) is 15.3. The normalized spacial score (nSPS) is 10.6. The molecule has 2 aromatic carbocycles. The number of nitrogens with one attached hydrogen (secondary N) is 1. The number of H-pyrrole nitrogens is 1. The predicted molar refractivity (Wildman–Crippen MR) is 72.9 cm³/mol. The highest BCUT2D eigenvalue weighted by Crippen LogP contribution is 2.26. The van der Waals surface area contributed by atoms with E-state index in [1.807, 2.05) is 36.4 Å². The van der Waals surface area contributed by atoms with E-state index in [-0.39, 0.29) is 5.97 Å². The molecular weight excluding hydrogens is 240 g/mol. The first-order chi connectivity index (χ1) is 9.29. The maximum atomic E-state index is 11.5. The second kappa shape index (κ2) is 4.57. The van der Waals surface area contributed by atoms with Gasteiger partial charge < -0.3 is 4.74 Å². The van der Waals surface area contributed by atoms with Crippen molar-refractivity contribution < 1.29 is 9.53 Å². The zero-order valence-corrected chi connectivity index (χ0v) is 10.4. The van der Waals surface area contributed by atoms with E-state index in [1.54, 1.807) is 12.1 Å². The van der Waals surface area contributed by atoms with Crippen LogP contribution < -0.4 is 0 Å². The fourth-order valence-corrected chi connectivity index (χ4v) is 2.08. The molecule has 0 radical (unpaired) electrons. The van der Waals surface area contributed by atoms with Crippen LogP contribution in [0.3, 0.4) is 0 Å². The van der Waals surface area contributed by atoms with E-state index < -0.39 is 0 Å². The smallest absolute Gasteiger partial charge is 0.337 e. The van der Waals surface area contributed by atoms with Crippen molar-refractivity contribution in [3.05, 3.63) is 54.1 Å². The van der Waals surface area contributed by atoms with Crippen LogP contribution in [-0.4, -0.2) is 23.3 Å². The predicted octanol–water partition coefficient (Wildman–Crippen LogP) is 3.02.